The molecule has 6 heteroatoms. The first kappa shape index (κ1) is 22.0. The fraction of sp³-hybridized carbons (Fsp3) is 0.458. The van der Waals surface area contributed by atoms with Gasteiger partial charge in [-0.05, 0) is 37.0 Å². The average Bonchev–Trinajstić information content (AvgIpc) is 3.20. The molecule has 2 aromatic carbocycles. The van der Waals surface area contributed by atoms with Crippen molar-refractivity contribution in [2.75, 3.05) is 13.1 Å². The van der Waals surface area contributed by atoms with Crippen molar-refractivity contribution in [3.8, 4) is 0 Å². The number of para-hydroxylation sites is 1. The molecule has 0 saturated heterocycles. The van der Waals surface area contributed by atoms with Crippen LogP contribution in [0.25, 0.3) is 11.0 Å². The average molecular weight is 408 g/mol. The zero-order valence-corrected chi connectivity index (χ0v) is 18.1. The van der Waals surface area contributed by atoms with Crippen LogP contribution < -0.4 is 5.32 Å². The molecule has 0 radical (unpaired) electrons. The minimum absolute atomic E-state index is 0.171. The molecular formula is C24H33N5O. The van der Waals surface area contributed by atoms with Gasteiger partial charge in [-0.1, -0.05) is 74.4 Å². The molecule has 6 nitrogen and oxygen atoms in total. The third kappa shape index (κ3) is 5.89. The molecule has 160 valence electrons. The second-order valence-electron chi connectivity index (χ2n) is 7.71. The summed E-state index contributed by atoms with van der Waals surface area (Å²) in [6.45, 7) is 6.40. The molecule has 0 unspecified atom stereocenters. The van der Waals surface area contributed by atoms with E-state index in [-0.39, 0.29) is 11.9 Å². The highest BCUT2D eigenvalue weighted by Crippen LogP contribution is 2.11. The summed E-state index contributed by atoms with van der Waals surface area (Å²) in [4.78, 5) is 15.5. The molecule has 3 rings (SSSR count). The molecular weight excluding hydrogens is 374 g/mol. The van der Waals surface area contributed by atoms with E-state index < -0.39 is 0 Å². The molecule has 0 aliphatic rings. The Hall–Kier alpha value is -2.73. The Kier molecular flexibility index (Phi) is 8.39. The number of nitrogens with zero attached hydrogens (tertiary/aromatic N) is 4. The first-order valence-corrected chi connectivity index (χ1v) is 11.1. The SMILES string of the molecule is CCCCN(CCCC)C(=O)[C@H](Cc1ccccc1)NCn1nnc2ccccc21. The van der Waals surface area contributed by atoms with E-state index in [1.165, 1.54) is 0 Å². The summed E-state index contributed by atoms with van der Waals surface area (Å²) < 4.78 is 1.82. The summed E-state index contributed by atoms with van der Waals surface area (Å²) in [6, 6.07) is 17.8. The fourth-order valence-corrected chi connectivity index (χ4v) is 3.58. The summed E-state index contributed by atoms with van der Waals surface area (Å²) >= 11 is 0. The number of hydrogen-bond donors (Lipinski definition) is 1. The molecule has 30 heavy (non-hydrogen) atoms. The zero-order valence-electron chi connectivity index (χ0n) is 18.1. The highest BCUT2D eigenvalue weighted by atomic mass is 16.2. The van der Waals surface area contributed by atoms with Crippen LogP contribution in [-0.4, -0.2) is 44.9 Å². The van der Waals surface area contributed by atoms with Gasteiger partial charge in [0.15, 0.2) is 0 Å². The number of benzene rings is 2. The van der Waals surface area contributed by atoms with E-state index in [1.54, 1.807) is 0 Å². The maximum atomic E-state index is 13.5. The Morgan fingerprint density at radius 2 is 1.67 bits per heavy atom. The minimum Gasteiger partial charge on any atom is -0.341 e. The van der Waals surface area contributed by atoms with Crippen molar-refractivity contribution < 1.29 is 4.79 Å². The van der Waals surface area contributed by atoms with Gasteiger partial charge in [-0.2, -0.15) is 0 Å². The number of hydrogen-bond acceptors (Lipinski definition) is 4. The van der Waals surface area contributed by atoms with Crippen LogP contribution >= 0.6 is 0 Å². The molecule has 0 fully saturated rings. The lowest BCUT2D eigenvalue weighted by Gasteiger charge is -2.28. The van der Waals surface area contributed by atoms with E-state index >= 15 is 0 Å². The second kappa shape index (κ2) is 11.5. The van der Waals surface area contributed by atoms with Crippen molar-refractivity contribution in [2.24, 2.45) is 0 Å². The van der Waals surface area contributed by atoms with Gasteiger partial charge in [-0.15, -0.1) is 5.10 Å². The van der Waals surface area contributed by atoms with Gasteiger partial charge in [0.05, 0.1) is 18.2 Å². The predicted molar refractivity (Wildman–Crippen MR) is 121 cm³/mol. The zero-order chi connectivity index (χ0) is 21.2. The molecule has 0 saturated carbocycles. The first-order chi connectivity index (χ1) is 14.7. The summed E-state index contributed by atoms with van der Waals surface area (Å²) in [5.41, 5.74) is 2.97. The third-order valence-corrected chi connectivity index (χ3v) is 5.36. The van der Waals surface area contributed by atoms with Gasteiger partial charge in [-0.25, -0.2) is 4.68 Å². The normalized spacial score (nSPS) is 12.2. The van der Waals surface area contributed by atoms with Crippen LogP contribution in [0.4, 0.5) is 0 Å². The van der Waals surface area contributed by atoms with Crippen molar-refractivity contribution in [3.05, 3.63) is 60.2 Å². The smallest absolute Gasteiger partial charge is 0.240 e. The van der Waals surface area contributed by atoms with Crippen molar-refractivity contribution in [2.45, 2.75) is 58.7 Å². The van der Waals surface area contributed by atoms with Gasteiger partial charge < -0.3 is 4.90 Å². The van der Waals surface area contributed by atoms with Crippen LogP contribution in [0, 0.1) is 0 Å². The van der Waals surface area contributed by atoms with Crippen molar-refractivity contribution in [1.82, 2.24) is 25.2 Å². The number of aromatic nitrogens is 3. The number of carbonyl (C=O) groups is 1. The van der Waals surface area contributed by atoms with Crippen LogP contribution in [0.3, 0.4) is 0 Å². The molecule has 1 N–H and O–H groups in total. The molecule has 1 amide bonds. The maximum Gasteiger partial charge on any atom is 0.240 e. The maximum absolute atomic E-state index is 13.5. The van der Waals surface area contributed by atoms with Gasteiger partial charge in [0, 0.05) is 13.1 Å². The summed E-state index contributed by atoms with van der Waals surface area (Å²) in [5.74, 6) is 0.171. The summed E-state index contributed by atoms with van der Waals surface area (Å²) in [7, 11) is 0. The van der Waals surface area contributed by atoms with Gasteiger partial charge in [0.2, 0.25) is 5.91 Å². The van der Waals surface area contributed by atoms with E-state index in [9.17, 15) is 4.79 Å². The summed E-state index contributed by atoms with van der Waals surface area (Å²) in [5, 5.41) is 11.9. The van der Waals surface area contributed by atoms with Gasteiger partial charge in [0.25, 0.3) is 0 Å². The lowest BCUT2D eigenvalue weighted by molar-refractivity contribution is -0.133. The highest BCUT2D eigenvalue weighted by molar-refractivity contribution is 5.82. The molecule has 0 aliphatic carbocycles. The Labute approximate surface area is 179 Å². The molecule has 0 spiro atoms. The lowest BCUT2D eigenvalue weighted by atomic mass is 10.0. The predicted octanol–water partition coefficient (Wildman–Crippen LogP) is 4.02. The van der Waals surface area contributed by atoms with Gasteiger partial charge in [0.1, 0.15) is 5.52 Å². The van der Waals surface area contributed by atoms with Crippen molar-refractivity contribution >= 4 is 16.9 Å². The van der Waals surface area contributed by atoms with E-state index in [4.69, 9.17) is 0 Å². The van der Waals surface area contributed by atoms with Crippen LogP contribution in [0.1, 0.15) is 45.1 Å². The number of unbranched alkanes of at least 4 members (excludes halogenated alkanes) is 2. The fourth-order valence-electron chi connectivity index (χ4n) is 3.58. The Morgan fingerprint density at radius 1 is 1.00 bits per heavy atom. The second-order valence-corrected chi connectivity index (χ2v) is 7.71. The van der Waals surface area contributed by atoms with Gasteiger partial charge >= 0.3 is 0 Å². The van der Waals surface area contributed by atoms with E-state index in [2.05, 4.69) is 41.6 Å². The quantitative estimate of drug-likeness (QED) is 0.493. The van der Waals surface area contributed by atoms with E-state index in [0.717, 1.165) is 55.4 Å². The summed E-state index contributed by atoms with van der Waals surface area (Å²) in [6.07, 6.45) is 4.87. The standard InChI is InChI=1S/C24H33N5O/c1-3-5-16-28(17-6-4-2)24(30)22(18-20-12-8-7-9-13-20)25-19-29-23-15-11-10-14-21(23)26-27-29/h7-15,22,25H,3-6,16-19H2,1-2H3/t22-/m0/s1. The van der Waals surface area contributed by atoms with E-state index in [1.807, 2.05) is 52.0 Å². The van der Waals surface area contributed by atoms with Crippen LogP contribution in [0.15, 0.2) is 54.6 Å². The van der Waals surface area contributed by atoms with Crippen LogP contribution in [-0.2, 0) is 17.9 Å². The van der Waals surface area contributed by atoms with Crippen molar-refractivity contribution in [3.63, 3.8) is 0 Å². The first-order valence-electron chi connectivity index (χ1n) is 11.1. The largest absolute Gasteiger partial charge is 0.341 e. The molecule has 1 heterocycles. The molecule has 1 atom stereocenters. The van der Waals surface area contributed by atoms with E-state index in [0.29, 0.717) is 13.1 Å². The minimum atomic E-state index is -0.302. The monoisotopic (exact) mass is 407 g/mol. The lowest BCUT2D eigenvalue weighted by Crippen LogP contribution is -2.48. The highest BCUT2D eigenvalue weighted by Gasteiger charge is 2.24. The van der Waals surface area contributed by atoms with Crippen molar-refractivity contribution in [1.29, 1.82) is 0 Å². The molecule has 0 bridgehead atoms. The van der Waals surface area contributed by atoms with Crippen LogP contribution in [0.5, 0.6) is 0 Å². The number of nitrogens with one attached hydrogen (secondary N) is 1. The van der Waals surface area contributed by atoms with Crippen LogP contribution in [0.2, 0.25) is 0 Å². The number of rotatable bonds is 12. The Bertz CT molecular complexity index is 900. The number of amides is 1. The topological polar surface area (TPSA) is 63.1 Å². The van der Waals surface area contributed by atoms with Gasteiger partial charge in [-0.3, -0.25) is 10.1 Å². The number of fused-ring (bicyclic) bond motifs is 1. The Morgan fingerprint density at radius 3 is 2.37 bits per heavy atom. The molecule has 3 aromatic rings. The third-order valence-electron chi connectivity index (χ3n) is 5.36. The molecule has 1 aromatic heterocycles. The Balaban J connectivity index is 1.76. The number of carbonyl (C=O) groups excluding carboxylic acids is 1. The molecule has 0 aliphatic heterocycles.